The molecule has 0 unspecified atom stereocenters. The first-order valence-corrected chi connectivity index (χ1v) is 6.31. The molecule has 4 N–H and O–H groups in total. The number of benzene rings is 2. The zero-order valence-electron chi connectivity index (χ0n) is 11.2. The average molecular weight is 297 g/mol. The Bertz CT molecular complexity index is 998. The zero-order chi connectivity index (χ0) is 15.7. The Labute approximate surface area is 123 Å². The quantitative estimate of drug-likeness (QED) is 0.269. The molecule has 8 heteroatoms. The maximum atomic E-state index is 12.0. The predicted molar refractivity (Wildman–Crippen MR) is 80.5 cm³/mol. The Morgan fingerprint density at radius 3 is 2.68 bits per heavy atom. The van der Waals surface area contributed by atoms with Gasteiger partial charge in [-0.25, -0.2) is 4.79 Å². The van der Waals surface area contributed by atoms with Crippen molar-refractivity contribution in [2.24, 2.45) is 10.9 Å². The second-order valence-electron chi connectivity index (χ2n) is 4.50. The van der Waals surface area contributed by atoms with Gasteiger partial charge in [0.05, 0.1) is 5.69 Å². The Kier molecular flexibility index (Phi) is 3.18. The van der Waals surface area contributed by atoms with Crippen LogP contribution in [0.25, 0.3) is 16.5 Å². The number of H-pyrrole nitrogens is 1. The van der Waals surface area contributed by atoms with E-state index in [9.17, 15) is 9.59 Å². The van der Waals surface area contributed by atoms with Crippen LogP contribution in [-0.4, -0.2) is 25.8 Å². The molecule has 2 aromatic carbocycles. The van der Waals surface area contributed by atoms with E-state index in [-0.39, 0.29) is 5.69 Å². The van der Waals surface area contributed by atoms with E-state index in [1.807, 2.05) is 30.3 Å². The molecule has 0 saturated heterocycles. The van der Waals surface area contributed by atoms with Crippen molar-refractivity contribution in [2.75, 3.05) is 0 Å². The number of amidine groups is 1. The molecule has 0 radical (unpaired) electrons. The summed E-state index contributed by atoms with van der Waals surface area (Å²) >= 11 is 0. The fraction of sp³-hybridized carbons (Fsp3) is 0. The normalized spacial score (nSPS) is 11.7. The van der Waals surface area contributed by atoms with Crippen LogP contribution < -0.4 is 17.0 Å². The van der Waals surface area contributed by atoms with E-state index in [1.54, 1.807) is 12.1 Å². The van der Waals surface area contributed by atoms with Crippen LogP contribution in [0.1, 0.15) is 5.69 Å². The van der Waals surface area contributed by atoms with Gasteiger partial charge >= 0.3 is 5.69 Å². The van der Waals surface area contributed by atoms with E-state index in [1.165, 1.54) is 0 Å². The lowest BCUT2D eigenvalue weighted by Gasteiger charge is -2.08. The highest BCUT2D eigenvalue weighted by atomic mass is 16.4. The van der Waals surface area contributed by atoms with Crippen LogP contribution in [0, 0.1) is 0 Å². The van der Waals surface area contributed by atoms with Crippen LogP contribution in [0.15, 0.2) is 57.2 Å². The molecule has 0 aliphatic carbocycles. The zero-order valence-corrected chi connectivity index (χ0v) is 11.2. The standard InChI is InChI=1S/C14H11N5O3/c15-12(18-22)11-13(20)16-14(21)19(17-11)10-7-3-5-8-4-1-2-6-9(8)10/h1-7,22H,(H2,15,18)(H,16,20,21). The Morgan fingerprint density at radius 2 is 1.91 bits per heavy atom. The first-order chi connectivity index (χ1) is 10.6. The number of hydrogen-bond acceptors (Lipinski definition) is 5. The van der Waals surface area contributed by atoms with Crippen molar-refractivity contribution >= 4 is 16.6 Å². The summed E-state index contributed by atoms with van der Waals surface area (Å²) in [4.78, 5) is 25.8. The van der Waals surface area contributed by atoms with Gasteiger partial charge in [0.25, 0.3) is 5.56 Å². The summed E-state index contributed by atoms with van der Waals surface area (Å²) in [6.45, 7) is 0. The Hall–Kier alpha value is -3.42. The van der Waals surface area contributed by atoms with Gasteiger partial charge in [-0.05, 0) is 11.5 Å². The van der Waals surface area contributed by atoms with E-state index in [4.69, 9.17) is 10.9 Å². The average Bonchev–Trinajstić information content (AvgIpc) is 2.54. The third-order valence-corrected chi connectivity index (χ3v) is 3.17. The van der Waals surface area contributed by atoms with E-state index in [2.05, 4.69) is 15.2 Å². The van der Waals surface area contributed by atoms with Gasteiger partial charge in [0.1, 0.15) is 0 Å². The smallest absolute Gasteiger partial charge is 0.349 e. The molecule has 0 aliphatic rings. The number of oxime groups is 1. The molecule has 3 aromatic rings. The number of aromatic amines is 1. The highest BCUT2D eigenvalue weighted by Crippen LogP contribution is 2.20. The van der Waals surface area contributed by atoms with Crippen molar-refractivity contribution in [2.45, 2.75) is 0 Å². The first kappa shape index (κ1) is 13.6. The molecule has 3 rings (SSSR count). The second-order valence-corrected chi connectivity index (χ2v) is 4.50. The van der Waals surface area contributed by atoms with Crippen molar-refractivity contribution in [3.05, 3.63) is 69.0 Å². The fourth-order valence-electron chi connectivity index (χ4n) is 2.17. The van der Waals surface area contributed by atoms with Crippen molar-refractivity contribution in [1.82, 2.24) is 14.8 Å². The predicted octanol–water partition coefficient (Wildman–Crippen LogP) is 0.168. The molecule has 8 nitrogen and oxygen atoms in total. The Balaban J connectivity index is 2.36. The molecule has 1 aromatic heterocycles. The summed E-state index contributed by atoms with van der Waals surface area (Å²) < 4.78 is 1.01. The molecule has 0 saturated carbocycles. The third-order valence-electron chi connectivity index (χ3n) is 3.17. The van der Waals surface area contributed by atoms with E-state index in [0.29, 0.717) is 5.69 Å². The van der Waals surface area contributed by atoms with Crippen LogP contribution >= 0.6 is 0 Å². The molecular formula is C14H11N5O3. The Morgan fingerprint density at radius 1 is 1.18 bits per heavy atom. The number of aromatic nitrogens is 3. The van der Waals surface area contributed by atoms with Crippen LogP contribution in [0.4, 0.5) is 0 Å². The fourth-order valence-corrected chi connectivity index (χ4v) is 2.17. The number of fused-ring (bicyclic) bond motifs is 1. The lowest BCUT2D eigenvalue weighted by Crippen LogP contribution is -2.37. The lowest BCUT2D eigenvalue weighted by molar-refractivity contribution is 0.318. The van der Waals surface area contributed by atoms with Crippen LogP contribution in [0.3, 0.4) is 0 Å². The summed E-state index contributed by atoms with van der Waals surface area (Å²) in [5.74, 6) is -0.477. The minimum atomic E-state index is -0.822. The van der Waals surface area contributed by atoms with E-state index < -0.39 is 17.1 Å². The number of rotatable bonds is 2. The van der Waals surface area contributed by atoms with Crippen LogP contribution in [-0.2, 0) is 0 Å². The van der Waals surface area contributed by atoms with Crippen molar-refractivity contribution in [1.29, 1.82) is 0 Å². The van der Waals surface area contributed by atoms with Gasteiger partial charge < -0.3 is 10.9 Å². The van der Waals surface area contributed by atoms with E-state index >= 15 is 0 Å². The SMILES string of the molecule is NC(=NO)c1nn(-c2cccc3ccccc23)c(=O)[nH]c1=O. The van der Waals surface area contributed by atoms with Crippen LogP contribution in [0.5, 0.6) is 0 Å². The van der Waals surface area contributed by atoms with Gasteiger partial charge in [0, 0.05) is 5.39 Å². The molecular weight excluding hydrogens is 286 g/mol. The van der Waals surface area contributed by atoms with Crippen molar-refractivity contribution in [3.63, 3.8) is 0 Å². The minimum Gasteiger partial charge on any atom is -0.409 e. The monoisotopic (exact) mass is 297 g/mol. The first-order valence-electron chi connectivity index (χ1n) is 6.31. The molecule has 0 spiro atoms. The van der Waals surface area contributed by atoms with Crippen molar-refractivity contribution < 1.29 is 5.21 Å². The highest BCUT2D eigenvalue weighted by Gasteiger charge is 2.13. The highest BCUT2D eigenvalue weighted by molar-refractivity contribution is 5.95. The maximum absolute atomic E-state index is 12.0. The van der Waals surface area contributed by atoms with Gasteiger partial charge in [0.2, 0.25) is 0 Å². The molecule has 0 atom stereocenters. The summed E-state index contributed by atoms with van der Waals surface area (Å²) in [5, 5.41) is 17.0. The van der Waals surface area contributed by atoms with Crippen LogP contribution in [0.2, 0.25) is 0 Å². The topological polar surface area (TPSA) is 126 Å². The molecule has 0 amide bonds. The summed E-state index contributed by atoms with van der Waals surface area (Å²) in [5.41, 5.74) is 4.01. The number of hydrogen-bond donors (Lipinski definition) is 3. The van der Waals surface area contributed by atoms with Gasteiger partial charge in [0.15, 0.2) is 11.5 Å². The second kappa shape index (κ2) is 5.17. The molecule has 0 bridgehead atoms. The van der Waals surface area contributed by atoms with Gasteiger partial charge in [-0.2, -0.15) is 9.78 Å². The third kappa shape index (κ3) is 2.12. The largest absolute Gasteiger partial charge is 0.409 e. The summed E-state index contributed by atoms with van der Waals surface area (Å²) in [6.07, 6.45) is 0. The summed E-state index contributed by atoms with van der Waals surface area (Å²) in [6, 6.07) is 12.8. The maximum Gasteiger partial charge on any atom is 0.349 e. The molecule has 0 aliphatic heterocycles. The van der Waals surface area contributed by atoms with Crippen molar-refractivity contribution in [3.8, 4) is 5.69 Å². The van der Waals surface area contributed by atoms with Gasteiger partial charge in [-0.15, -0.1) is 0 Å². The summed E-state index contributed by atoms with van der Waals surface area (Å²) in [7, 11) is 0. The molecule has 1 heterocycles. The molecule has 0 fully saturated rings. The van der Waals surface area contributed by atoms with E-state index in [0.717, 1.165) is 15.5 Å². The lowest BCUT2D eigenvalue weighted by atomic mass is 10.1. The van der Waals surface area contributed by atoms with Gasteiger partial charge in [-0.1, -0.05) is 41.6 Å². The number of nitrogens with zero attached hydrogens (tertiary/aromatic N) is 3. The molecule has 110 valence electrons. The molecule has 22 heavy (non-hydrogen) atoms. The number of nitrogens with one attached hydrogen (secondary N) is 1. The number of nitrogens with two attached hydrogens (primary N) is 1. The minimum absolute atomic E-state index is 0.338. The van der Waals surface area contributed by atoms with Gasteiger partial charge in [-0.3, -0.25) is 9.78 Å².